The average molecular weight is 129 g/mol. The molecule has 0 aromatic rings. The third-order valence-corrected chi connectivity index (χ3v) is 1.55. The molecule has 0 aliphatic carbocycles. The van der Waals surface area contributed by atoms with Crippen molar-refractivity contribution in [3.05, 3.63) is 0 Å². The lowest BCUT2D eigenvalue weighted by Crippen LogP contribution is -2.38. The van der Waals surface area contributed by atoms with E-state index in [4.69, 9.17) is 0 Å². The molecule has 1 heterocycles. The summed E-state index contributed by atoms with van der Waals surface area (Å²) in [5.74, 6) is 0.641. The lowest BCUT2D eigenvalue weighted by atomic mass is 10.2. The molecule has 9 heavy (non-hydrogen) atoms. The molecule has 3 heteroatoms. The molecule has 2 unspecified atom stereocenters. The summed E-state index contributed by atoms with van der Waals surface area (Å²) in [4.78, 5) is 0. The summed E-state index contributed by atoms with van der Waals surface area (Å²) in [6, 6.07) is 0. The molecule has 0 aromatic carbocycles. The second kappa shape index (κ2) is 2.64. The Hall–Kier alpha value is -0.120. The summed E-state index contributed by atoms with van der Waals surface area (Å²) < 4.78 is 0. The summed E-state index contributed by atoms with van der Waals surface area (Å²) in [7, 11) is 0. The van der Waals surface area contributed by atoms with Gasteiger partial charge in [0.15, 0.2) is 0 Å². The highest BCUT2D eigenvalue weighted by molar-refractivity contribution is 4.74. The lowest BCUT2D eigenvalue weighted by molar-refractivity contribution is 0.400. The van der Waals surface area contributed by atoms with E-state index >= 15 is 0 Å². The van der Waals surface area contributed by atoms with Crippen molar-refractivity contribution in [2.24, 2.45) is 5.92 Å². The van der Waals surface area contributed by atoms with E-state index < -0.39 is 0 Å². The van der Waals surface area contributed by atoms with Gasteiger partial charge in [-0.05, 0) is 12.8 Å². The SMILES string of the molecule is CC1NNC(C(C)C)N1. The minimum atomic E-state index is 0.400. The minimum absolute atomic E-state index is 0.400. The van der Waals surface area contributed by atoms with Gasteiger partial charge < -0.3 is 0 Å². The van der Waals surface area contributed by atoms with Crippen LogP contribution in [-0.4, -0.2) is 12.3 Å². The van der Waals surface area contributed by atoms with Gasteiger partial charge in [-0.15, -0.1) is 0 Å². The maximum Gasteiger partial charge on any atom is 0.0739 e. The maximum atomic E-state index is 3.33. The maximum absolute atomic E-state index is 3.33. The van der Waals surface area contributed by atoms with Crippen molar-refractivity contribution < 1.29 is 0 Å². The summed E-state index contributed by atoms with van der Waals surface area (Å²) in [6.45, 7) is 6.46. The first-order valence-electron chi connectivity index (χ1n) is 3.47. The molecule has 0 bridgehead atoms. The van der Waals surface area contributed by atoms with Crippen LogP contribution in [0.1, 0.15) is 20.8 Å². The van der Waals surface area contributed by atoms with Crippen molar-refractivity contribution in [2.75, 3.05) is 0 Å². The molecular formula is C6H15N3. The molecule has 0 aromatic heterocycles. The Morgan fingerprint density at radius 2 is 1.89 bits per heavy atom. The van der Waals surface area contributed by atoms with E-state index in [0.717, 1.165) is 0 Å². The van der Waals surface area contributed by atoms with E-state index in [2.05, 4.69) is 36.9 Å². The molecule has 0 amide bonds. The molecular weight excluding hydrogens is 114 g/mol. The highest BCUT2D eigenvalue weighted by Gasteiger charge is 2.20. The second-order valence-electron chi connectivity index (χ2n) is 2.90. The fraction of sp³-hybridized carbons (Fsp3) is 1.00. The van der Waals surface area contributed by atoms with Crippen LogP contribution in [0.2, 0.25) is 0 Å². The largest absolute Gasteiger partial charge is 0.285 e. The van der Waals surface area contributed by atoms with E-state index in [1.165, 1.54) is 0 Å². The van der Waals surface area contributed by atoms with Crippen LogP contribution in [0.25, 0.3) is 0 Å². The van der Waals surface area contributed by atoms with Crippen molar-refractivity contribution in [2.45, 2.75) is 33.1 Å². The molecule has 1 aliphatic heterocycles. The van der Waals surface area contributed by atoms with E-state index in [-0.39, 0.29) is 0 Å². The minimum Gasteiger partial charge on any atom is -0.285 e. The summed E-state index contributed by atoms with van der Waals surface area (Å²) in [5.41, 5.74) is 6.23. The molecule has 1 rings (SSSR count). The van der Waals surface area contributed by atoms with Crippen LogP contribution in [-0.2, 0) is 0 Å². The predicted molar refractivity (Wildman–Crippen MR) is 37.5 cm³/mol. The van der Waals surface area contributed by atoms with Crippen LogP contribution in [0.3, 0.4) is 0 Å². The van der Waals surface area contributed by atoms with Gasteiger partial charge in [0.05, 0.1) is 12.3 Å². The molecule has 1 aliphatic rings. The summed E-state index contributed by atoms with van der Waals surface area (Å²) in [5, 5.41) is 3.33. The van der Waals surface area contributed by atoms with Crippen molar-refractivity contribution in [3.63, 3.8) is 0 Å². The monoisotopic (exact) mass is 129 g/mol. The molecule has 2 atom stereocenters. The van der Waals surface area contributed by atoms with Gasteiger partial charge in [0, 0.05) is 0 Å². The van der Waals surface area contributed by atoms with Gasteiger partial charge in [0.2, 0.25) is 0 Å². The molecule has 3 nitrogen and oxygen atoms in total. The zero-order valence-electron chi connectivity index (χ0n) is 6.23. The summed E-state index contributed by atoms with van der Waals surface area (Å²) in [6.07, 6.45) is 0.831. The van der Waals surface area contributed by atoms with Gasteiger partial charge in [-0.3, -0.25) is 5.32 Å². The number of hydrogen-bond acceptors (Lipinski definition) is 3. The van der Waals surface area contributed by atoms with Gasteiger partial charge in [-0.2, -0.15) is 0 Å². The zero-order valence-corrected chi connectivity index (χ0v) is 6.23. The average Bonchev–Trinajstić information content (AvgIpc) is 2.14. The van der Waals surface area contributed by atoms with Gasteiger partial charge >= 0.3 is 0 Å². The van der Waals surface area contributed by atoms with Crippen LogP contribution in [0, 0.1) is 5.92 Å². The number of hydrogen-bond donors (Lipinski definition) is 3. The lowest BCUT2D eigenvalue weighted by Gasteiger charge is -2.13. The van der Waals surface area contributed by atoms with Crippen molar-refractivity contribution in [3.8, 4) is 0 Å². The smallest absolute Gasteiger partial charge is 0.0739 e. The molecule has 0 spiro atoms. The summed E-state index contributed by atoms with van der Waals surface area (Å²) >= 11 is 0. The van der Waals surface area contributed by atoms with E-state index in [1.54, 1.807) is 0 Å². The second-order valence-corrected chi connectivity index (χ2v) is 2.90. The first-order valence-corrected chi connectivity index (χ1v) is 3.47. The quantitative estimate of drug-likeness (QED) is 0.467. The third-order valence-electron chi connectivity index (χ3n) is 1.55. The zero-order chi connectivity index (χ0) is 6.85. The van der Waals surface area contributed by atoms with Gasteiger partial charge in [0.1, 0.15) is 0 Å². The Morgan fingerprint density at radius 1 is 1.22 bits per heavy atom. The van der Waals surface area contributed by atoms with Crippen LogP contribution < -0.4 is 16.2 Å². The Morgan fingerprint density at radius 3 is 2.11 bits per heavy atom. The molecule has 1 saturated heterocycles. The number of rotatable bonds is 1. The van der Waals surface area contributed by atoms with Crippen LogP contribution in [0.4, 0.5) is 0 Å². The molecule has 54 valence electrons. The third kappa shape index (κ3) is 1.64. The van der Waals surface area contributed by atoms with Crippen molar-refractivity contribution in [1.82, 2.24) is 16.2 Å². The van der Waals surface area contributed by atoms with Crippen molar-refractivity contribution >= 4 is 0 Å². The number of nitrogens with one attached hydrogen (secondary N) is 3. The molecule has 1 fully saturated rings. The van der Waals surface area contributed by atoms with Crippen LogP contribution >= 0.6 is 0 Å². The Labute approximate surface area is 56.2 Å². The van der Waals surface area contributed by atoms with E-state index in [9.17, 15) is 0 Å². The van der Waals surface area contributed by atoms with Crippen LogP contribution in [0.15, 0.2) is 0 Å². The standard InChI is InChI=1S/C6H15N3/c1-4(2)6-7-5(3)8-9-6/h4-9H,1-3H3. The molecule has 3 N–H and O–H groups in total. The first kappa shape index (κ1) is 6.99. The Kier molecular flexibility index (Phi) is 2.05. The van der Waals surface area contributed by atoms with Gasteiger partial charge in [0.25, 0.3) is 0 Å². The van der Waals surface area contributed by atoms with E-state index in [0.29, 0.717) is 18.2 Å². The topological polar surface area (TPSA) is 36.1 Å². The van der Waals surface area contributed by atoms with Gasteiger partial charge in [-0.25, -0.2) is 10.9 Å². The molecule has 0 saturated carbocycles. The Balaban J connectivity index is 2.30. The normalized spacial score (nSPS) is 36.0. The number of hydrazine groups is 1. The highest BCUT2D eigenvalue weighted by Crippen LogP contribution is 2.00. The van der Waals surface area contributed by atoms with Crippen LogP contribution in [0.5, 0.6) is 0 Å². The first-order chi connectivity index (χ1) is 4.20. The highest BCUT2D eigenvalue weighted by atomic mass is 15.5. The van der Waals surface area contributed by atoms with E-state index in [1.807, 2.05) is 0 Å². The predicted octanol–water partition coefficient (Wildman–Crippen LogP) is 0.0119. The molecule has 0 radical (unpaired) electrons. The Bertz CT molecular complexity index is 92.3. The van der Waals surface area contributed by atoms with Gasteiger partial charge in [-0.1, -0.05) is 13.8 Å². The fourth-order valence-corrected chi connectivity index (χ4v) is 0.927. The van der Waals surface area contributed by atoms with Crippen molar-refractivity contribution in [1.29, 1.82) is 0 Å². The fourth-order valence-electron chi connectivity index (χ4n) is 0.927.